The molecule has 5 heteroatoms. The van der Waals surface area contributed by atoms with Crippen LogP contribution in [0.2, 0.25) is 0 Å². The van der Waals surface area contributed by atoms with Gasteiger partial charge in [-0.25, -0.2) is 4.39 Å². The molecule has 0 aliphatic heterocycles. The Morgan fingerprint density at radius 1 is 1.53 bits per heavy atom. The van der Waals surface area contributed by atoms with Gasteiger partial charge < -0.3 is 11.1 Å². The summed E-state index contributed by atoms with van der Waals surface area (Å²) in [5, 5.41) is 3.07. The molecule has 1 amide bonds. The quantitative estimate of drug-likeness (QED) is 0.714. The minimum Gasteiger partial charge on any atom is -0.369 e. The van der Waals surface area contributed by atoms with Crippen LogP contribution in [0.15, 0.2) is 18.2 Å². The van der Waals surface area contributed by atoms with Crippen molar-refractivity contribution in [2.75, 3.05) is 6.54 Å². The summed E-state index contributed by atoms with van der Waals surface area (Å²) in [6.45, 7) is 4.20. The largest absolute Gasteiger partial charge is 0.369 e. The van der Waals surface area contributed by atoms with Crippen molar-refractivity contribution in [2.24, 2.45) is 5.73 Å². The Balaban J connectivity index is 2.93. The maximum Gasteiger partial charge on any atom is 0.226 e. The van der Waals surface area contributed by atoms with Gasteiger partial charge in [0.2, 0.25) is 5.91 Å². The van der Waals surface area contributed by atoms with Crippen molar-refractivity contribution < 1.29 is 9.18 Å². The van der Waals surface area contributed by atoms with E-state index in [1.807, 2.05) is 13.8 Å². The first-order valence-electron chi connectivity index (χ1n) is 5.49. The third kappa shape index (κ3) is 3.86. The number of hydrogen-bond donors (Lipinski definition) is 2. The molecule has 0 aliphatic carbocycles. The highest BCUT2D eigenvalue weighted by Crippen LogP contribution is 2.17. The number of carbonyl (C=O) groups excluding carboxylic acids is 1. The highest BCUT2D eigenvalue weighted by atomic mass is 19.1. The first-order valence-corrected chi connectivity index (χ1v) is 5.49. The van der Waals surface area contributed by atoms with Crippen LogP contribution in [0.4, 0.5) is 4.39 Å². The number of carbonyl (C=O) groups is 1. The third-order valence-corrected chi connectivity index (χ3v) is 2.47. The SMILES string of the molecule is [B]c1ccc([C@@H](CNC(C)C)C(N)=O)c(F)c1. The van der Waals surface area contributed by atoms with Crippen LogP contribution in [0.3, 0.4) is 0 Å². The minimum atomic E-state index is -0.682. The van der Waals surface area contributed by atoms with Crippen molar-refractivity contribution in [2.45, 2.75) is 25.8 Å². The molecule has 0 fully saturated rings. The van der Waals surface area contributed by atoms with Crippen LogP contribution in [-0.2, 0) is 4.79 Å². The second-order valence-electron chi connectivity index (χ2n) is 4.30. The summed E-state index contributed by atoms with van der Waals surface area (Å²) in [7, 11) is 5.45. The van der Waals surface area contributed by atoms with Crippen molar-refractivity contribution in [3.63, 3.8) is 0 Å². The number of primary amides is 1. The number of halogens is 1. The van der Waals surface area contributed by atoms with E-state index < -0.39 is 17.6 Å². The fourth-order valence-electron chi connectivity index (χ4n) is 1.54. The Morgan fingerprint density at radius 3 is 2.65 bits per heavy atom. The fraction of sp³-hybridized carbons (Fsp3) is 0.417. The van der Waals surface area contributed by atoms with Crippen LogP contribution in [0.1, 0.15) is 25.3 Å². The Morgan fingerprint density at radius 2 is 2.18 bits per heavy atom. The van der Waals surface area contributed by atoms with Gasteiger partial charge in [0.05, 0.1) is 5.92 Å². The first kappa shape index (κ1) is 13.7. The average Bonchev–Trinajstić information content (AvgIpc) is 2.20. The van der Waals surface area contributed by atoms with E-state index in [2.05, 4.69) is 5.32 Å². The summed E-state index contributed by atoms with van der Waals surface area (Å²) in [5.41, 5.74) is 5.89. The fourth-order valence-corrected chi connectivity index (χ4v) is 1.54. The van der Waals surface area contributed by atoms with Crippen LogP contribution in [0, 0.1) is 5.82 Å². The average molecular weight is 234 g/mol. The van der Waals surface area contributed by atoms with E-state index in [1.165, 1.54) is 12.1 Å². The summed E-state index contributed by atoms with van der Waals surface area (Å²) < 4.78 is 13.7. The van der Waals surface area contributed by atoms with Gasteiger partial charge in [0.1, 0.15) is 13.7 Å². The van der Waals surface area contributed by atoms with E-state index in [-0.39, 0.29) is 11.6 Å². The molecule has 90 valence electrons. The van der Waals surface area contributed by atoms with Gasteiger partial charge >= 0.3 is 0 Å². The third-order valence-electron chi connectivity index (χ3n) is 2.47. The molecule has 3 nitrogen and oxygen atoms in total. The van der Waals surface area contributed by atoms with Crippen molar-refractivity contribution in [3.05, 3.63) is 29.6 Å². The normalized spacial score (nSPS) is 12.7. The van der Waals surface area contributed by atoms with Gasteiger partial charge in [-0.05, 0) is 6.07 Å². The molecule has 1 rings (SSSR count). The molecule has 0 saturated carbocycles. The topological polar surface area (TPSA) is 55.1 Å². The van der Waals surface area contributed by atoms with E-state index in [9.17, 15) is 9.18 Å². The summed E-state index contributed by atoms with van der Waals surface area (Å²) in [6, 6.07) is 4.46. The predicted octanol–water partition coefficient (Wildman–Crippen LogP) is 0.186. The van der Waals surface area contributed by atoms with Gasteiger partial charge in [-0.3, -0.25) is 4.79 Å². The number of amides is 1. The lowest BCUT2D eigenvalue weighted by Crippen LogP contribution is -2.35. The van der Waals surface area contributed by atoms with Crippen molar-refractivity contribution in [3.8, 4) is 0 Å². The Bertz CT molecular complexity index is 409. The smallest absolute Gasteiger partial charge is 0.226 e. The van der Waals surface area contributed by atoms with Crippen molar-refractivity contribution in [1.82, 2.24) is 5.32 Å². The van der Waals surface area contributed by atoms with Gasteiger partial charge in [-0.15, -0.1) is 0 Å². The van der Waals surface area contributed by atoms with Crippen molar-refractivity contribution >= 4 is 19.2 Å². The van der Waals surface area contributed by atoms with Crippen LogP contribution in [0.25, 0.3) is 0 Å². The Kier molecular flexibility index (Phi) is 4.69. The monoisotopic (exact) mass is 234 g/mol. The van der Waals surface area contributed by atoms with Gasteiger partial charge in [0.15, 0.2) is 0 Å². The van der Waals surface area contributed by atoms with Crippen molar-refractivity contribution in [1.29, 1.82) is 0 Å². The number of hydrogen-bond acceptors (Lipinski definition) is 2. The molecule has 0 unspecified atom stereocenters. The molecule has 1 atom stereocenters. The lowest BCUT2D eigenvalue weighted by molar-refractivity contribution is -0.119. The zero-order valence-electron chi connectivity index (χ0n) is 10.0. The maximum atomic E-state index is 13.7. The Labute approximate surface area is 102 Å². The predicted molar refractivity (Wildman–Crippen MR) is 66.9 cm³/mol. The summed E-state index contributed by atoms with van der Waals surface area (Å²) in [6.07, 6.45) is 0. The highest BCUT2D eigenvalue weighted by Gasteiger charge is 2.21. The second kappa shape index (κ2) is 5.82. The number of rotatable bonds is 5. The van der Waals surface area contributed by atoms with E-state index in [4.69, 9.17) is 13.6 Å². The van der Waals surface area contributed by atoms with Crippen LogP contribution >= 0.6 is 0 Å². The van der Waals surface area contributed by atoms with Crippen LogP contribution in [-0.4, -0.2) is 26.3 Å². The maximum absolute atomic E-state index is 13.7. The second-order valence-corrected chi connectivity index (χ2v) is 4.30. The standard InChI is InChI=1S/C12H16BFN2O/c1-7(2)16-6-10(12(15)17)9-4-3-8(13)5-11(9)14/h3-5,7,10,16H,6H2,1-2H3,(H2,15,17)/t10-/m1/s1. The summed E-state index contributed by atoms with van der Waals surface area (Å²) in [5.74, 6) is -1.74. The van der Waals surface area contributed by atoms with Gasteiger partial charge in [-0.2, -0.15) is 0 Å². The number of nitrogens with two attached hydrogens (primary N) is 1. The van der Waals surface area contributed by atoms with E-state index in [0.717, 1.165) is 0 Å². The number of nitrogens with one attached hydrogen (secondary N) is 1. The molecule has 1 aromatic rings. The molecule has 0 heterocycles. The molecule has 1 aromatic carbocycles. The number of benzene rings is 1. The lowest BCUT2D eigenvalue weighted by Gasteiger charge is -2.17. The first-order chi connectivity index (χ1) is 7.91. The van der Waals surface area contributed by atoms with Crippen LogP contribution in [0.5, 0.6) is 0 Å². The van der Waals surface area contributed by atoms with Gasteiger partial charge in [0.25, 0.3) is 0 Å². The van der Waals surface area contributed by atoms with Crippen LogP contribution < -0.4 is 16.5 Å². The lowest BCUT2D eigenvalue weighted by atomic mass is 9.90. The van der Waals surface area contributed by atoms with E-state index in [0.29, 0.717) is 12.0 Å². The zero-order chi connectivity index (χ0) is 13.0. The summed E-state index contributed by atoms with van der Waals surface area (Å²) in [4.78, 5) is 11.3. The zero-order valence-corrected chi connectivity index (χ0v) is 10.0. The van der Waals surface area contributed by atoms with Gasteiger partial charge in [-0.1, -0.05) is 31.4 Å². The minimum absolute atomic E-state index is 0.202. The molecule has 0 spiro atoms. The molecule has 0 bridgehead atoms. The molecule has 0 saturated heterocycles. The Hall–Kier alpha value is -1.36. The molecule has 17 heavy (non-hydrogen) atoms. The molecular formula is C12H16BFN2O. The van der Waals surface area contributed by atoms with Gasteiger partial charge in [0, 0.05) is 18.2 Å². The molecule has 0 aliphatic rings. The van der Waals surface area contributed by atoms with E-state index >= 15 is 0 Å². The molecule has 2 radical (unpaired) electrons. The molecule has 3 N–H and O–H groups in total. The summed E-state index contributed by atoms with van der Waals surface area (Å²) >= 11 is 0. The van der Waals surface area contributed by atoms with E-state index in [1.54, 1.807) is 6.07 Å². The molecule has 0 aromatic heterocycles. The highest BCUT2D eigenvalue weighted by molar-refractivity contribution is 6.32. The molecular weight excluding hydrogens is 218 g/mol.